The van der Waals surface area contributed by atoms with Crippen LogP contribution in [0.15, 0.2) is 0 Å². The van der Waals surface area contributed by atoms with Gasteiger partial charge in [0.2, 0.25) is 0 Å². The fourth-order valence-electron chi connectivity index (χ4n) is 1.56. The second-order valence-corrected chi connectivity index (χ2v) is 3.56. The Morgan fingerprint density at radius 1 is 1.36 bits per heavy atom. The first-order valence-electron chi connectivity index (χ1n) is 4.78. The molecule has 11 heavy (non-hydrogen) atoms. The van der Waals surface area contributed by atoms with Crippen LogP contribution >= 0.6 is 0 Å². The summed E-state index contributed by atoms with van der Waals surface area (Å²) in [4.78, 5) is 3.78. The van der Waals surface area contributed by atoms with Gasteiger partial charge in [0.05, 0.1) is 0 Å². The van der Waals surface area contributed by atoms with Gasteiger partial charge in [-0.15, -0.1) is 0 Å². The van der Waals surface area contributed by atoms with E-state index in [1.807, 2.05) is 0 Å². The molecular weight excluding hydrogens is 134 g/mol. The summed E-state index contributed by atoms with van der Waals surface area (Å²) in [6, 6.07) is 0.525. The second kappa shape index (κ2) is 4.38. The lowest BCUT2D eigenvalue weighted by molar-refractivity contribution is 0.594. The standard InChI is InChI=1S/C10H18N/c1-3-4-5-6-7-9-8-10(9)11-2/h2,9-10H,3-8H2,1H3/q+1. The molecule has 0 aromatic carbocycles. The van der Waals surface area contributed by atoms with Crippen molar-refractivity contribution in [3.63, 3.8) is 0 Å². The van der Waals surface area contributed by atoms with Crippen molar-refractivity contribution in [2.45, 2.75) is 51.5 Å². The van der Waals surface area contributed by atoms with E-state index in [9.17, 15) is 0 Å². The Kier molecular flexibility index (Phi) is 3.42. The van der Waals surface area contributed by atoms with E-state index < -0.39 is 0 Å². The van der Waals surface area contributed by atoms with Gasteiger partial charge in [-0.2, -0.15) is 0 Å². The predicted molar refractivity (Wildman–Crippen MR) is 49.0 cm³/mol. The minimum absolute atomic E-state index is 0.525. The SMILES string of the molecule is C#[N+]C1CC1CCCCCC. The fraction of sp³-hybridized carbons (Fsp3) is 0.900. The average molecular weight is 152 g/mol. The smallest absolute Gasteiger partial charge is 0.0833 e. The molecule has 0 aliphatic heterocycles. The normalized spacial score (nSPS) is 28.0. The molecule has 0 amide bonds. The van der Waals surface area contributed by atoms with Crippen LogP contribution in [0.3, 0.4) is 0 Å². The molecule has 0 saturated heterocycles. The zero-order valence-corrected chi connectivity index (χ0v) is 7.42. The van der Waals surface area contributed by atoms with Crippen LogP contribution in [0.4, 0.5) is 0 Å². The van der Waals surface area contributed by atoms with Crippen molar-refractivity contribution in [2.24, 2.45) is 5.92 Å². The van der Waals surface area contributed by atoms with Crippen LogP contribution in [0.1, 0.15) is 45.4 Å². The molecule has 0 aromatic rings. The largest absolute Gasteiger partial charge is 0.275 e. The van der Waals surface area contributed by atoms with E-state index in [1.165, 1.54) is 38.5 Å². The quantitative estimate of drug-likeness (QED) is 0.532. The molecule has 1 aliphatic carbocycles. The Bertz CT molecular complexity index is 145. The molecule has 1 rings (SSSR count). The number of nitrogens with zero attached hydrogens (tertiary/aromatic N) is 1. The molecule has 0 N–H and O–H groups in total. The molecule has 0 radical (unpaired) electrons. The highest BCUT2D eigenvalue weighted by molar-refractivity contribution is 5.02. The van der Waals surface area contributed by atoms with Crippen molar-refractivity contribution in [2.75, 3.05) is 0 Å². The topological polar surface area (TPSA) is 4.36 Å². The van der Waals surface area contributed by atoms with Crippen LogP contribution in [0.5, 0.6) is 0 Å². The second-order valence-electron chi connectivity index (χ2n) is 3.56. The van der Waals surface area contributed by atoms with Gasteiger partial charge in [0.15, 0.2) is 0 Å². The molecule has 2 unspecified atom stereocenters. The Morgan fingerprint density at radius 2 is 2.18 bits per heavy atom. The molecule has 0 bridgehead atoms. The summed E-state index contributed by atoms with van der Waals surface area (Å²) in [5.41, 5.74) is 0. The first kappa shape index (κ1) is 8.59. The maximum Gasteiger partial charge on any atom is 0.275 e. The van der Waals surface area contributed by atoms with E-state index in [2.05, 4.69) is 11.8 Å². The summed E-state index contributed by atoms with van der Waals surface area (Å²) >= 11 is 0. The molecule has 1 saturated carbocycles. The summed E-state index contributed by atoms with van der Waals surface area (Å²) < 4.78 is 0. The zero-order chi connectivity index (χ0) is 8.10. The van der Waals surface area contributed by atoms with Crippen molar-refractivity contribution in [3.8, 4) is 6.57 Å². The Balaban J connectivity index is 1.87. The Hall–Kier alpha value is -0.510. The number of unbranched alkanes of at least 4 members (excludes halogenated alkanes) is 3. The van der Waals surface area contributed by atoms with E-state index in [-0.39, 0.29) is 0 Å². The molecule has 0 spiro atoms. The fourth-order valence-corrected chi connectivity index (χ4v) is 1.56. The highest BCUT2D eigenvalue weighted by Crippen LogP contribution is 2.38. The zero-order valence-electron chi connectivity index (χ0n) is 7.42. The molecule has 0 heterocycles. The van der Waals surface area contributed by atoms with Gasteiger partial charge < -0.3 is 0 Å². The van der Waals surface area contributed by atoms with Crippen LogP contribution in [-0.2, 0) is 0 Å². The van der Waals surface area contributed by atoms with Crippen LogP contribution in [0, 0.1) is 12.5 Å². The van der Waals surface area contributed by atoms with Crippen molar-refractivity contribution in [3.05, 3.63) is 4.85 Å². The first-order valence-corrected chi connectivity index (χ1v) is 4.78. The molecule has 1 aliphatic rings. The maximum atomic E-state index is 5.18. The Labute approximate surface area is 69.6 Å². The lowest BCUT2D eigenvalue weighted by atomic mass is 10.1. The molecule has 1 nitrogen and oxygen atoms in total. The molecule has 1 fully saturated rings. The van der Waals surface area contributed by atoms with Gasteiger partial charge >= 0.3 is 0 Å². The van der Waals surface area contributed by atoms with Gasteiger partial charge in [-0.05, 0) is 6.42 Å². The summed E-state index contributed by atoms with van der Waals surface area (Å²) in [5, 5.41) is 0. The van der Waals surface area contributed by atoms with Crippen molar-refractivity contribution < 1.29 is 0 Å². The lowest BCUT2D eigenvalue weighted by Crippen LogP contribution is -1.83. The number of hydrogen-bond acceptors (Lipinski definition) is 0. The molecule has 0 aromatic heterocycles. The Morgan fingerprint density at radius 3 is 2.73 bits per heavy atom. The van der Waals surface area contributed by atoms with E-state index in [0.717, 1.165) is 5.92 Å². The van der Waals surface area contributed by atoms with E-state index in [4.69, 9.17) is 6.57 Å². The predicted octanol–water partition coefficient (Wildman–Crippen LogP) is 3.31. The highest BCUT2D eigenvalue weighted by atomic mass is 14.8. The monoisotopic (exact) mass is 152 g/mol. The van der Waals surface area contributed by atoms with Gasteiger partial charge in [0.1, 0.15) is 0 Å². The van der Waals surface area contributed by atoms with Crippen molar-refractivity contribution >= 4 is 0 Å². The third-order valence-corrected chi connectivity index (χ3v) is 2.51. The van der Waals surface area contributed by atoms with Gasteiger partial charge in [0.25, 0.3) is 12.6 Å². The first-order chi connectivity index (χ1) is 5.38. The van der Waals surface area contributed by atoms with Gasteiger partial charge in [0, 0.05) is 12.3 Å². The van der Waals surface area contributed by atoms with Gasteiger partial charge in [-0.3, -0.25) is 0 Å². The highest BCUT2D eigenvalue weighted by Gasteiger charge is 2.45. The van der Waals surface area contributed by atoms with Crippen LogP contribution in [0.25, 0.3) is 4.85 Å². The molecule has 62 valence electrons. The van der Waals surface area contributed by atoms with E-state index in [1.54, 1.807) is 0 Å². The third kappa shape index (κ3) is 2.93. The lowest BCUT2D eigenvalue weighted by Gasteiger charge is -1.94. The minimum atomic E-state index is 0.525. The van der Waals surface area contributed by atoms with E-state index in [0.29, 0.717) is 6.04 Å². The summed E-state index contributed by atoms with van der Waals surface area (Å²) in [6.07, 6.45) is 8.09. The molecular formula is C10H18N+. The van der Waals surface area contributed by atoms with Crippen molar-refractivity contribution in [1.82, 2.24) is 0 Å². The third-order valence-electron chi connectivity index (χ3n) is 2.51. The van der Waals surface area contributed by atoms with Crippen LogP contribution < -0.4 is 0 Å². The summed E-state index contributed by atoms with van der Waals surface area (Å²) in [7, 11) is 0. The minimum Gasteiger partial charge on any atom is -0.0833 e. The van der Waals surface area contributed by atoms with E-state index >= 15 is 0 Å². The molecule has 2 atom stereocenters. The molecule has 1 heteroatoms. The number of rotatable bonds is 5. The van der Waals surface area contributed by atoms with Gasteiger partial charge in [-0.25, -0.2) is 0 Å². The van der Waals surface area contributed by atoms with Gasteiger partial charge in [-0.1, -0.05) is 37.5 Å². The summed E-state index contributed by atoms with van der Waals surface area (Å²) in [5.74, 6) is 0.844. The van der Waals surface area contributed by atoms with Crippen molar-refractivity contribution in [1.29, 1.82) is 0 Å². The summed E-state index contributed by atoms with van der Waals surface area (Å²) in [6.45, 7) is 7.42. The average Bonchev–Trinajstić information content (AvgIpc) is 2.77. The number of hydrogen-bond donors (Lipinski definition) is 0. The van der Waals surface area contributed by atoms with Crippen LogP contribution in [0.2, 0.25) is 0 Å². The van der Waals surface area contributed by atoms with Crippen LogP contribution in [-0.4, -0.2) is 6.04 Å². The maximum absolute atomic E-state index is 5.18.